The molecule has 0 aromatic heterocycles. The molecule has 0 bridgehead atoms. The molecule has 1 N–H and O–H groups in total. The third kappa shape index (κ3) is 4.14. The van der Waals surface area contributed by atoms with Crippen LogP contribution in [-0.2, 0) is 9.59 Å². The van der Waals surface area contributed by atoms with E-state index in [-0.39, 0.29) is 12.3 Å². The number of aliphatic carboxylic acids is 1. The molecule has 3 rings (SSSR count). The normalized spacial score (nSPS) is 19.3. The van der Waals surface area contributed by atoms with Crippen molar-refractivity contribution in [3.8, 4) is 0 Å². The van der Waals surface area contributed by atoms with E-state index in [0.29, 0.717) is 18.8 Å². The minimum absolute atomic E-state index is 0.166. The highest BCUT2D eigenvalue weighted by Gasteiger charge is 2.30. The highest BCUT2D eigenvalue weighted by molar-refractivity contribution is 5.96. The van der Waals surface area contributed by atoms with Crippen molar-refractivity contribution in [2.24, 2.45) is 0 Å². The van der Waals surface area contributed by atoms with E-state index in [1.165, 1.54) is 24.1 Å². The standard InChI is InChI=1S/C20H28N2O3/c1-15-14-22(19(23)7-3-2-4-8-20(24)25)18-13-16(9-10-17(15)18)21-11-5-6-12-21/h9-10,13,15H,2-8,11-12,14H2,1H3,(H,24,25). The van der Waals surface area contributed by atoms with Crippen molar-refractivity contribution in [2.75, 3.05) is 29.4 Å². The number of hydrogen-bond acceptors (Lipinski definition) is 3. The Morgan fingerprint density at radius 3 is 2.56 bits per heavy atom. The summed E-state index contributed by atoms with van der Waals surface area (Å²) in [5, 5.41) is 8.67. The molecule has 5 nitrogen and oxygen atoms in total. The average molecular weight is 344 g/mol. The van der Waals surface area contributed by atoms with Gasteiger partial charge in [0, 0.05) is 49.8 Å². The van der Waals surface area contributed by atoms with Gasteiger partial charge in [-0.15, -0.1) is 0 Å². The van der Waals surface area contributed by atoms with Crippen LogP contribution in [0.3, 0.4) is 0 Å². The van der Waals surface area contributed by atoms with Gasteiger partial charge in [-0.3, -0.25) is 9.59 Å². The van der Waals surface area contributed by atoms with Crippen molar-refractivity contribution in [3.05, 3.63) is 23.8 Å². The first-order valence-electron chi connectivity index (χ1n) is 9.47. The van der Waals surface area contributed by atoms with Crippen LogP contribution in [0.5, 0.6) is 0 Å². The van der Waals surface area contributed by atoms with Crippen molar-refractivity contribution in [1.29, 1.82) is 0 Å². The Labute approximate surface area is 149 Å². The number of hydrogen-bond donors (Lipinski definition) is 1. The Morgan fingerprint density at radius 2 is 1.84 bits per heavy atom. The van der Waals surface area contributed by atoms with Crippen LogP contribution in [0.2, 0.25) is 0 Å². The van der Waals surface area contributed by atoms with Gasteiger partial charge in [0.1, 0.15) is 0 Å². The molecule has 2 aliphatic rings. The first-order chi connectivity index (χ1) is 12.1. The zero-order chi connectivity index (χ0) is 17.8. The van der Waals surface area contributed by atoms with Crippen LogP contribution in [0.1, 0.15) is 63.4 Å². The maximum atomic E-state index is 12.7. The molecule has 1 atom stereocenters. The molecule has 1 unspecified atom stereocenters. The Kier molecular flexibility index (Phi) is 5.61. The minimum Gasteiger partial charge on any atom is -0.481 e. The number of rotatable bonds is 7. The summed E-state index contributed by atoms with van der Waals surface area (Å²) in [6.07, 6.45) is 5.38. The summed E-state index contributed by atoms with van der Waals surface area (Å²) in [6, 6.07) is 6.57. The van der Waals surface area contributed by atoms with Gasteiger partial charge in [-0.2, -0.15) is 0 Å². The van der Waals surface area contributed by atoms with Crippen molar-refractivity contribution >= 4 is 23.3 Å². The number of carbonyl (C=O) groups excluding carboxylic acids is 1. The van der Waals surface area contributed by atoms with E-state index >= 15 is 0 Å². The predicted octanol–water partition coefficient (Wildman–Crippen LogP) is 3.77. The molecule has 5 heteroatoms. The number of nitrogens with zero attached hydrogens (tertiary/aromatic N) is 2. The lowest BCUT2D eigenvalue weighted by atomic mass is 10.0. The molecule has 25 heavy (non-hydrogen) atoms. The lowest BCUT2D eigenvalue weighted by Gasteiger charge is -2.22. The topological polar surface area (TPSA) is 60.9 Å². The largest absolute Gasteiger partial charge is 0.481 e. The third-order valence-electron chi connectivity index (χ3n) is 5.35. The van der Waals surface area contributed by atoms with E-state index in [1.807, 2.05) is 4.90 Å². The van der Waals surface area contributed by atoms with E-state index in [2.05, 4.69) is 30.0 Å². The van der Waals surface area contributed by atoms with Gasteiger partial charge in [-0.05, 0) is 43.4 Å². The van der Waals surface area contributed by atoms with Crippen molar-refractivity contribution in [3.63, 3.8) is 0 Å². The van der Waals surface area contributed by atoms with Crippen LogP contribution in [-0.4, -0.2) is 36.6 Å². The molecule has 1 aromatic carbocycles. The fourth-order valence-electron chi connectivity index (χ4n) is 3.93. The van der Waals surface area contributed by atoms with Gasteiger partial charge < -0.3 is 14.9 Å². The summed E-state index contributed by atoms with van der Waals surface area (Å²) in [5.74, 6) is -0.221. The molecule has 0 spiro atoms. The molecule has 1 fully saturated rings. The van der Waals surface area contributed by atoms with Crippen LogP contribution >= 0.6 is 0 Å². The molecular weight excluding hydrogens is 316 g/mol. The molecule has 0 saturated carbocycles. The van der Waals surface area contributed by atoms with E-state index < -0.39 is 5.97 Å². The highest BCUT2D eigenvalue weighted by atomic mass is 16.4. The first kappa shape index (κ1) is 17.8. The van der Waals surface area contributed by atoms with Gasteiger partial charge in [-0.1, -0.05) is 19.4 Å². The molecule has 1 saturated heterocycles. The summed E-state index contributed by atoms with van der Waals surface area (Å²) < 4.78 is 0. The number of carbonyl (C=O) groups is 2. The summed E-state index contributed by atoms with van der Waals surface area (Å²) in [7, 11) is 0. The molecule has 0 aliphatic carbocycles. The number of anilines is 2. The molecule has 1 amide bonds. The Balaban J connectivity index is 1.62. The third-order valence-corrected chi connectivity index (χ3v) is 5.35. The van der Waals surface area contributed by atoms with Crippen LogP contribution < -0.4 is 9.80 Å². The van der Waals surface area contributed by atoms with Crippen LogP contribution in [0.4, 0.5) is 11.4 Å². The van der Waals surface area contributed by atoms with Crippen LogP contribution in [0.25, 0.3) is 0 Å². The summed E-state index contributed by atoms with van der Waals surface area (Å²) >= 11 is 0. The first-order valence-corrected chi connectivity index (χ1v) is 9.47. The zero-order valence-electron chi connectivity index (χ0n) is 15.0. The molecular formula is C20H28N2O3. The second-order valence-electron chi connectivity index (χ2n) is 7.30. The SMILES string of the molecule is CC1CN(C(=O)CCCCCC(=O)O)c2cc(N3CCCC3)ccc21. The van der Waals surface area contributed by atoms with Crippen molar-refractivity contribution in [1.82, 2.24) is 0 Å². The quantitative estimate of drug-likeness (QED) is 0.765. The van der Waals surface area contributed by atoms with E-state index in [4.69, 9.17) is 5.11 Å². The average Bonchev–Trinajstić information content (AvgIpc) is 3.22. The van der Waals surface area contributed by atoms with Gasteiger partial charge in [0.2, 0.25) is 5.91 Å². The second kappa shape index (κ2) is 7.89. The minimum atomic E-state index is -0.761. The van der Waals surface area contributed by atoms with E-state index in [1.54, 1.807) is 0 Å². The smallest absolute Gasteiger partial charge is 0.303 e. The highest BCUT2D eigenvalue weighted by Crippen LogP contribution is 2.39. The molecule has 136 valence electrons. The van der Waals surface area contributed by atoms with E-state index in [9.17, 15) is 9.59 Å². The number of carboxylic acids is 1. The second-order valence-corrected chi connectivity index (χ2v) is 7.30. The van der Waals surface area contributed by atoms with Crippen LogP contribution in [0.15, 0.2) is 18.2 Å². The lowest BCUT2D eigenvalue weighted by molar-refractivity contribution is -0.137. The molecule has 0 radical (unpaired) electrons. The van der Waals surface area contributed by atoms with Gasteiger partial charge >= 0.3 is 5.97 Å². The fourth-order valence-corrected chi connectivity index (χ4v) is 3.93. The molecule has 1 aromatic rings. The Hall–Kier alpha value is -2.04. The maximum Gasteiger partial charge on any atom is 0.303 e. The van der Waals surface area contributed by atoms with Gasteiger partial charge in [0.05, 0.1) is 0 Å². The lowest BCUT2D eigenvalue weighted by Crippen LogP contribution is -2.29. The number of benzene rings is 1. The maximum absolute atomic E-state index is 12.7. The van der Waals surface area contributed by atoms with Gasteiger partial charge in [0.15, 0.2) is 0 Å². The number of amides is 1. The van der Waals surface area contributed by atoms with Gasteiger partial charge in [-0.25, -0.2) is 0 Å². The summed E-state index contributed by atoms with van der Waals surface area (Å²) in [4.78, 5) is 27.6. The number of carboxylic acid groups (broad SMARTS) is 1. The van der Waals surface area contributed by atoms with Crippen molar-refractivity contribution in [2.45, 2.75) is 57.8 Å². The summed E-state index contributed by atoms with van der Waals surface area (Å²) in [6.45, 7) is 5.14. The Morgan fingerprint density at radius 1 is 1.12 bits per heavy atom. The van der Waals surface area contributed by atoms with Crippen LogP contribution in [0, 0.1) is 0 Å². The van der Waals surface area contributed by atoms with Gasteiger partial charge in [0.25, 0.3) is 0 Å². The molecule has 2 aliphatic heterocycles. The van der Waals surface area contributed by atoms with Crippen molar-refractivity contribution < 1.29 is 14.7 Å². The predicted molar refractivity (Wildman–Crippen MR) is 99.4 cm³/mol. The fraction of sp³-hybridized carbons (Fsp3) is 0.600. The number of fused-ring (bicyclic) bond motifs is 1. The van der Waals surface area contributed by atoms with E-state index in [0.717, 1.165) is 38.2 Å². The Bertz CT molecular complexity index is 638. The zero-order valence-corrected chi connectivity index (χ0v) is 15.0. The number of unbranched alkanes of at least 4 members (excludes halogenated alkanes) is 2. The molecule has 2 heterocycles. The summed E-state index contributed by atoms with van der Waals surface area (Å²) in [5.41, 5.74) is 3.57. The monoisotopic (exact) mass is 344 g/mol.